The molecule has 1 aliphatic rings. The topological polar surface area (TPSA) is 89.7 Å². The van der Waals surface area contributed by atoms with Crippen molar-refractivity contribution >= 4 is 5.91 Å². The highest BCUT2D eigenvalue weighted by Gasteiger charge is 2.25. The fourth-order valence-corrected chi connectivity index (χ4v) is 3.92. The van der Waals surface area contributed by atoms with E-state index in [9.17, 15) is 4.79 Å². The van der Waals surface area contributed by atoms with Crippen molar-refractivity contribution in [3.8, 4) is 22.9 Å². The molecule has 1 amide bonds. The zero-order valence-corrected chi connectivity index (χ0v) is 18.4. The molecule has 0 saturated carbocycles. The van der Waals surface area contributed by atoms with Gasteiger partial charge in [-0.15, -0.1) is 0 Å². The normalized spacial score (nSPS) is 14.8. The summed E-state index contributed by atoms with van der Waals surface area (Å²) in [6.45, 7) is 3.31. The minimum absolute atomic E-state index is 0.0333. The van der Waals surface area contributed by atoms with Crippen molar-refractivity contribution in [3.63, 3.8) is 0 Å². The van der Waals surface area contributed by atoms with E-state index in [2.05, 4.69) is 20.4 Å². The zero-order chi connectivity index (χ0) is 22.3. The number of methoxy groups -OCH3 is 2. The molecule has 0 bridgehead atoms. The van der Waals surface area contributed by atoms with E-state index >= 15 is 0 Å². The number of ether oxygens (including phenoxy) is 2. The van der Waals surface area contributed by atoms with Crippen LogP contribution in [0.15, 0.2) is 53.1 Å². The SMILES string of the molecule is COc1ccc(-c2noc(C3CCN(CCNC(=O)c4ccccc4)CC3)n2)cc1OC. The van der Waals surface area contributed by atoms with E-state index in [0.29, 0.717) is 35.3 Å². The molecule has 4 rings (SSSR count). The van der Waals surface area contributed by atoms with Crippen LogP contribution in [0.3, 0.4) is 0 Å². The largest absolute Gasteiger partial charge is 0.493 e. The first kappa shape index (κ1) is 21.8. The van der Waals surface area contributed by atoms with Gasteiger partial charge in [0.25, 0.3) is 5.91 Å². The van der Waals surface area contributed by atoms with Crippen LogP contribution in [0.25, 0.3) is 11.4 Å². The second-order valence-electron chi connectivity index (χ2n) is 7.76. The van der Waals surface area contributed by atoms with Crippen LogP contribution in [0.2, 0.25) is 0 Å². The lowest BCUT2D eigenvalue weighted by Crippen LogP contribution is -2.39. The third kappa shape index (κ3) is 5.08. The van der Waals surface area contributed by atoms with Gasteiger partial charge in [0, 0.05) is 30.1 Å². The Hall–Kier alpha value is -3.39. The Labute approximate surface area is 187 Å². The first-order valence-electron chi connectivity index (χ1n) is 10.8. The predicted octanol–water partition coefficient (Wildman–Crippen LogP) is 3.36. The van der Waals surface area contributed by atoms with E-state index in [1.54, 1.807) is 14.2 Å². The molecule has 0 aliphatic carbocycles. The maximum absolute atomic E-state index is 12.1. The third-order valence-electron chi connectivity index (χ3n) is 5.77. The Morgan fingerprint density at radius 3 is 2.56 bits per heavy atom. The van der Waals surface area contributed by atoms with E-state index in [1.165, 1.54) is 0 Å². The molecule has 0 unspecified atom stereocenters. The lowest BCUT2D eigenvalue weighted by atomic mass is 9.97. The van der Waals surface area contributed by atoms with E-state index in [4.69, 9.17) is 14.0 Å². The molecule has 8 heteroatoms. The van der Waals surface area contributed by atoms with Gasteiger partial charge in [-0.3, -0.25) is 4.79 Å². The molecule has 2 aromatic carbocycles. The molecule has 1 aromatic heterocycles. The van der Waals surface area contributed by atoms with Crippen LogP contribution in [0.4, 0.5) is 0 Å². The van der Waals surface area contributed by atoms with Crippen LogP contribution >= 0.6 is 0 Å². The van der Waals surface area contributed by atoms with Crippen LogP contribution in [0, 0.1) is 0 Å². The van der Waals surface area contributed by atoms with Gasteiger partial charge in [0.1, 0.15) is 0 Å². The minimum atomic E-state index is -0.0333. The highest BCUT2D eigenvalue weighted by molar-refractivity contribution is 5.94. The Kier molecular flexibility index (Phi) is 7.01. The van der Waals surface area contributed by atoms with Gasteiger partial charge in [-0.1, -0.05) is 23.4 Å². The number of carbonyl (C=O) groups excluding carboxylic acids is 1. The van der Waals surface area contributed by atoms with Crippen molar-refractivity contribution in [2.75, 3.05) is 40.4 Å². The highest BCUT2D eigenvalue weighted by atomic mass is 16.5. The number of amides is 1. The number of hydrogen-bond donors (Lipinski definition) is 1. The number of piperidine rings is 1. The molecule has 1 saturated heterocycles. The number of likely N-dealkylation sites (tertiary alicyclic amines) is 1. The number of aromatic nitrogens is 2. The summed E-state index contributed by atoms with van der Waals surface area (Å²) in [5, 5.41) is 7.15. The average Bonchev–Trinajstić information content (AvgIpc) is 3.35. The number of nitrogens with one attached hydrogen (secondary N) is 1. The van der Waals surface area contributed by atoms with Gasteiger partial charge in [0.15, 0.2) is 11.5 Å². The summed E-state index contributed by atoms with van der Waals surface area (Å²) in [6, 6.07) is 14.9. The van der Waals surface area contributed by atoms with Gasteiger partial charge in [0.2, 0.25) is 11.7 Å². The molecule has 8 nitrogen and oxygen atoms in total. The number of benzene rings is 2. The van der Waals surface area contributed by atoms with Gasteiger partial charge in [-0.25, -0.2) is 0 Å². The summed E-state index contributed by atoms with van der Waals surface area (Å²) < 4.78 is 16.2. The zero-order valence-electron chi connectivity index (χ0n) is 18.4. The number of carbonyl (C=O) groups is 1. The second kappa shape index (κ2) is 10.3. The van der Waals surface area contributed by atoms with Gasteiger partial charge < -0.3 is 24.2 Å². The molecular formula is C24H28N4O4. The summed E-state index contributed by atoms with van der Waals surface area (Å²) in [6.07, 6.45) is 1.89. The van der Waals surface area contributed by atoms with Gasteiger partial charge in [-0.2, -0.15) is 4.98 Å². The van der Waals surface area contributed by atoms with Crippen molar-refractivity contribution in [2.45, 2.75) is 18.8 Å². The molecule has 1 fully saturated rings. The van der Waals surface area contributed by atoms with E-state index in [1.807, 2.05) is 48.5 Å². The van der Waals surface area contributed by atoms with Crippen molar-refractivity contribution in [1.82, 2.24) is 20.4 Å². The van der Waals surface area contributed by atoms with Crippen LogP contribution < -0.4 is 14.8 Å². The maximum Gasteiger partial charge on any atom is 0.251 e. The lowest BCUT2D eigenvalue weighted by Gasteiger charge is -2.30. The monoisotopic (exact) mass is 436 g/mol. The van der Waals surface area contributed by atoms with Crippen molar-refractivity contribution in [1.29, 1.82) is 0 Å². The number of hydrogen-bond acceptors (Lipinski definition) is 7. The fourth-order valence-electron chi connectivity index (χ4n) is 3.92. The first-order chi connectivity index (χ1) is 15.7. The molecule has 0 atom stereocenters. The summed E-state index contributed by atoms with van der Waals surface area (Å²) in [5.41, 5.74) is 1.51. The van der Waals surface area contributed by atoms with Crippen LogP contribution in [-0.2, 0) is 0 Å². The molecule has 1 N–H and O–H groups in total. The van der Waals surface area contributed by atoms with Gasteiger partial charge in [-0.05, 0) is 56.3 Å². The predicted molar refractivity (Wildman–Crippen MR) is 120 cm³/mol. The quantitative estimate of drug-likeness (QED) is 0.579. The molecule has 32 heavy (non-hydrogen) atoms. The summed E-state index contributed by atoms with van der Waals surface area (Å²) in [5.74, 6) is 2.72. The molecule has 0 radical (unpaired) electrons. The molecule has 168 valence electrons. The highest BCUT2D eigenvalue weighted by Crippen LogP contribution is 2.33. The van der Waals surface area contributed by atoms with E-state index in [0.717, 1.165) is 38.0 Å². The molecule has 3 aromatic rings. The van der Waals surface area contributed by atoms with E-state index in [-0.39, 0.29) is 11.8 Å². The van der Waals surface area contributed by atoms with Crippen LogP contribution in [-0.4, -0.2) is 61.3 Å². The van der Waals surface area contributed by atoms with Crippen LogP contribution in [0.5, 0.6) is 11.5 Å². The Morgan fingerprint density at radius 1 is 1.09 bits per heavy atom. The van der Waals surface area contributed by atoms with Crippen molar-refractivity contribution < 1.29 is 18.8 Å². The first-order valence-corrected chi connectivity index (χ1v) is 10.8. The average molecular weight is 437 g/mol. The van der Waals surface area contributed by atoms with Crippen LogP contribution in [0.1, 0.15) is 35.0 Å². The second-order valence-corrected chi connectivity index (χ2v) is 7.76. The Morgan fingerprint density at radius 2 is 1.84 bits per heavy atom. The standard InChI is InChI=1S/C24H28N4O4/c1-30-20-9-8-19(16-21(20)31-2)22-26-24(32-27-22)18-10-13-28(14-11-18)15-12-25-23(29)17-6-4-3-5-7-17/h3-9,16,18H,10-15H2,1-2H3,(H,25,29). The number of nitrogens with zero attached hydrogens (tertiary/aromatic N) is 3. The molecule has 2 heterocycles. The molecule has 1 aliphatic heterocycles. The fraction of sp³-hybridized carbons (Fsp3) is 0.375. The van der Waals surface area contributed by atoms with E-state index < -0.39 is 0 Å². The maximum atomic E-state index is 12.1. The van der Waals surface area contributed by atoms with Gasteiger partial charge >= 0.3 is 0 Å². The summed E-state index contributed by atoms with van der Waals surface area (Å²) in [4.78, 5) is 19.1. The Bertz CT molecular complexity index is 1030. The van der Waals surface area contributed by atoms with Crippen molar-refractivity contribution in [2.24, 2.45) is 0 Å². The minimum Gasteiger partial charge on any atom is -0.493 e. The lowest BCUT2D eigenvalue weighted by molar-refractivity contribution is 0.0945. The summed E-state index contributed by atoms with van der Waals surface area (Å²) >= 11 is 0. The van der Waals surface area contributed by atoms with Crippen molar-refractivity contribution in [3.05, 3.63) is 60.0 Å². The molecule has 0 spiro atoms. The smallest absolute Gasteiger partial charge is 0.251 e. The number of rotatable bonds is 8. The molecular weight excluding hydrogens is 408 g/mol. The third-order valence-corrected chi connectivity index (χ3v) is 5.77. The van der Waals surface area contributed by atoms with Gasteiger partial charge in [0.05, 0.1) is 14.2 Å². The summed E-state index contributed by atoms with van der Waals surface area (Å²) in [7, 11) is 3.21. The Balaban J connectivity index is 1.27.